The van der Waals surface area contributed by atoms with Crippen LogP contribution in [0, 0.1) is 13.8 Å². The highest BCUT2D eigenvalue weighted by molar-refractivity contribution is 7.89. The molecule has 1 heterocycles. The highest BCUT2D eigenvalue weighted by atomic mass is 32.2. The lowest BCUT2D eigenvalue weighted by Gasteiger charge is -2.20. The number of nitrogens with zero attached hydrogens (tertiary/aromatic N) is 3. The summed E-state index contributed by atoms with van der Waals surface area (Å²) in [6.45, 7) is 7.25. The van der Waals surface area contributed by atoms with E-state index < -0.39 is 10.0 Å². The van der Waals surface area contributed by atoms with Crippen LogP contribution in [0.5, 0.6) is 0 Å². The molecule has 0 saturated heterocycles. The number of rotatable bonds is 8. The lowest BCUT2D eigenvalue weighted by molar-refractivity contribution is 0.314. The van der Waals surface area contributed by atoms with Gasteiger partial charge in [-0.2, -0.15) is 5.10 Å². The SMILES string of the molecule is CNCCn1nc(C)c(S(=O)(=O)NCC(C)N(C)C)c1C. The van der Waals surface area contributed by atoms with Gasteiger partial charge in [0.05, 0.1) is 17.9 Å². The van der Waals surface area contributed by atoms with Crippen molar-refractivity contribution >= 4 is 10.0 Å². The molecule has 0 spiro atoms. The predicted octanol–water partition coefficient (Wildman–Crippen LogP) is -0.0523. The van der Waals surface area contributed by atoms with Crippen LogP contribution in [0.2, 0.25) is 0 Å². The fraction of sp³-hybridized carbons (Fsp3) is 0.769. The Balaban J connectivity index is 2.95. The topological polar surface area (TPSA) is 79.3 Å². The third kappa shape index (κ3) is 4.50. The van der Waals surface area contributed by atoms with Gasteiger partial charge < -0.3 is 10.2 Å². The van der Waals surface area contributed by atoms with E-state index in [1.807, 2.05) is 33.0 Å². The van der Waals surface area contributed by atoms with E-state index >= 15 is 0 Å². The normalized spacial score (nSPS) is 13.9. The second kappa shape index (κ2) is 7.35. The quantitative estimate of drug-likeness (QED) is 0.703. The summed E-state index contributed by atoms with van der Waals surface area (Å²) in [7, 11) is 2.16. The largest absolute Gasteiger partial charge is 0.318 e. The lowest BCUT2D eigenvalue weighted by Crippen LogP contribution is -2.38. The van der Waals surface area contributed by atoms with Crippen LogP contribution in [0.3, 0.4) is 0 Å². The molecule has 1 rings (SSSR count). The van der Waals surface area contributed by atoms with Gasteiger partial charge in [0, 0.05) is 19.1 Å². The maximum atomic E-state index is 12.5. The summed E-state index contributed by atoms with van der Waals surface area (Å²) in [5.41, 5.74) is 1.21. The van der Waals surface area contributed by atoms with Crippen molar-refractivity contribution in [3.05, 3.63) is 11.4 Å². The standard InChI is InChI=1S/C13H27N5O2S/c1-10(17(5)6)9-15-21(19,20)13-11(2)16-18(12(13)3)8-7-14-4/h10,14-15H,7-9H2,1-6H3. The van der Waals surface area contributed by atoms with Crippen molar-refractivity contribution in [2.75, 3.05) is 34.2 Å². The van der Waals surface area contributed by atoms with Crippen molar-refractivity contribution in [2.45, 2.75) is 38.3 Å². The first-order valence-corrected chi connectivity index (χ1v) is 8.53. The Morgan fingerprint density at radius 3 is 2.48 bits per heavy atom. The second-order valence-corrected chi connectivity index (χ2v) is 7.19. The first-order chi connectivity index (χ1) is 9.70. The number of sulfonamides is 1. The van der Waals surface area contributed by atoms with Crippen molar-refractivity contribution in [3.63, 3.8) is 0 Å². The van der Waals surface area contributed by atoms with Crippen LogP contribution in [0.25, 0.3) is 0 Å². The zero-order valence-corrected chi connectivity index (χ0v) is 14.6. The molecule has 21 heavy (non-hydrogen) atoms. The molecule has 8 heteroatoms. The molecular weight excluding hydrogens is 290 g/mol. The van der Waals surface area contributed by atoms with Crippen molar-refractivity contribution < 1.29 is 8.42 Å². The molecule has 7 nitrogen and oxygen atoms in total. The number of aryl methyl sites for hydroxylation is 1. The monoisotopic (exact) mass is 317 g/mol. The Hall–Kier alpha value is -0.960. The van der Waals surface area contributed by atoms with Crippen molar-refractivity contribution in [2.24, 2.45) is 0 Å². The minimum Gasteiger partial charge on any atom is -0.318 e. The van der Waals surface area contributed by atoms with Crippen LogP contribution in [0.15, 0.2) is 4.90 Å². The van der Waals surface area contributed by atoms with Gasteiger partial charge in [-0.25, -0.2) is 13.1 Å². The molecule has 0 aliphatic heterocycles. The van der Waals surface area contributed by atoms with E-state index in [0.29, 0.717) is 29.4 Å². The fourth-order valence-corrected chi connectivity index (χ4v) is 3.52. The van der Waals surface area contributed by atoms with E-state index in [-0.39, 0.29) is 6.04 Å². The lowest BCUT2D eigenvalue weighted by atomic mass is 10.3. The molecule has 122 valence electrons. The first-order valence-electron chi connectivity index (χ1n) is 7.05. The minimum absolute atomic E-state index is 0.125. The van der Waals surface area contributed by atoms with Crippen LogP contribution in [-0.2, 0) is 16.6 Å². The second-order valence-electron chi connectivity index (χ2n) is 5.49. The molecular formula is C13H27N5O2S. The molecule has 0 aromatic carbocycles. The summed E-state index contributed by atoms with van der Waals surface area (Å²) in [5.74, 6) is 0. The van der Waals surface area contributed by atoms with E-state index in [4.69, 9.17) is 0 Å². The fourth-order valence-electron chi connectivity index (χ4n) is 1.99. The molecule has 1 aromatic rings. The van der Waals surface area contributed by atoms with E-state index in [9.17, 15) is 8.42 Å². The van der Waals surface area contributed by atoms with Gasteiger partial charge >= 0.3 is 0 Å². The summed E-state index contributed by atoms with van der Waals surface area (Å²) >= 11 is 0. The van der Waals surface area contributed by atoms with E-state index in [1.165, 1.54) is 0 Å². The molecule has 2 N–H and O–H groups in total. The van der Waals surface area contributed by atoms with Crippen molar-refractivity contribution in [3.8, 4) is 0 Å². The first kappa shape index (κ1) is 18.1. The van der Waals surface area contributed by atoms with Crippen LogP contribution in [0.4, 0.5) is 0 Å². The van der Waals surface area contributed by atoms with Gasteiger partial charge in [0.2, 0.25) is 10.0 Å². The third-order valence-electron chi connectivity index (χ3n) is 3.61. The Morgan fingerprint density at radius 1 is 1.33 bits per heavy atom. The maximum absolute atomic E-state index is 12.5. The molecule has 0 saturated carbocycles. The van der Waals surface area contributed by atoms with Gasteiger partial charge in [-0.1, -0.05) is 0 Å². The summed E-state index contributed by atoms with van der Waals surface area (Å²) in [6.07, 6.45) is 0. The molecule has 1 unspecified atom stereocenters. The Kier molecular flexibility index (Phi) is 6.33. The van der Waals surface area contributed by atoms with Gasteiger partial charge in [0.15, 0.2) is 0 Å². The van der Waals surface area contributed by atoms with Gasteiger partial charge in [0.25, 0.3) is 0 Å². The molecule has 0 bridgehead atoms. The van der Waals surface area contributed by atoms with Crippen molar-refractivity contribution in [1.82, 2.24) is 24.7 Å². The maximum Gasteiger partial charge on any atom is 0.244 e. The number of likely N-dealkylation sites (N-methyl/N-ethyl adjacent to an activating group) is 2. The number of nitrogens with one attached hydrogen (secondary N) is 2. The van der Waals surface area contributed by atoms with Crippen LogP contribution in [0.1, 0.15) is 18.3 Å². The zero-order valence-electron chi connectivity index (χ0n) is 13.8. The molecule has 0 aliphatic carbocycles. The van der Waals surface area contributed by atoms with Crippen LogP contribution in [-0.4, -0.2) is 63.4 Å². The van der Waals surface area contributed by atoms with Gasteiger partial charge in [0.1, 0.15) is 4.90 Å². The summed E-state index contributed by atoms with van der Waals surface area (Å²) in [6, 6.07) is 0.125. The predicted molar refractivity (Wildman–Crippen MR) is 84.0 cm³/mol. The van der Waals surface area contributed by atoms with Gasteiger partial charge in [-0.3, -0.25) is 4.68 Å². The highest BCUT2D eigenvalue weighted by Crippen LogP contribution is 2.19. The minimum atomic E-state index is -3.53. The molecule has 0 fully saturated rings. The summed E-state index contributed by atoms with van der Waals surface area (Å²) in [5, 5.41) is 7.36. The zero-order chi connectivity index (χ0) is 16.2. The van der Waals surface area contributed by atoms with E-state index in [0.717, 1.165) is 6.54 Å². The number of aromatic nitrogens is 2. The Bertz CT molecular complexity index is 565. The summed E-state index contributed by atoms with van der Waals surface area (Å²) < 4.78 is 29.4. The Morgan fingerprint density at radius 2 is 1.95 bits per heavy atom. The van der Waals surface area contributed by atoms with Gasteiger partial charge in [-0.15, -0.1) is 0 Å². The molecule has 0 amide bonds. The van der Waals surface area contributed by atoms with E-state index in [2.05, 4.69) is 15.1 Å². The number of hydrogen-bond donors (Lipinski definition) is 2. The van der Waals surface area contributed by atoms with Crippen molar-refractivity contribution in [1.29, 1.82) is 0 Å². The third-order valence-corrected chi connectivity index (χ3v) is 5.28. The molecule has 1 aromatic heterocycles. The van der Waals surface area contributed by atoms with E-state index in [1.54, 1.807) is 18.5 Å². The highest BCUT2D eigenvalue weighted by Gasteiger charge is 2.24. The average Bonchev–Trinajstić information content (AvgIpc) is 2.68. The molecule has 1 atom stereocenters. The average molecular weight is 317 g/mol. The smallest absolute Gasteiger partial charge is 0.244 e. The Labute approximate surface area is 127 Å². The molecule has 0 radical (unpaired) electrons. The van der Waals surface area contributed by atoms with Crippen LogP contribution < -0.4 is 10.0 Å². The van der Waals surface area contributed by atoms with Gasteiger partial charge in [-0.05, 0) is 41.9 Å². The van der Waals surface area contributed by atoms with Crippen LogP contribution >= 0.6 is 0 Å². The number of hydrogen-bond acceptors (Lipinski definition) is 5. The summed E-state index contributed by atoms with van der Waals surface area (Å²) in [4.78, 5) is 2.27. The molecule has 0 aliphatic rings.